The molecule has 1 aliphatic carbocycles. The van der Waals surface area contributed by atoms with Gasteiger partial charge in [-0.05, 0) is 30.3 Å². The standard InChI is InChI=1S/C28H30F2N6O4S/c1-34-16-23(21-13-20(41(2,38)39)4-5-24(21)40-17-18-14-28(18,29)30)22-12-19(33-25(22)26(34)37)15-35-8-10-36(11-9-35)27-31-6-3-7-32-27/h3-7,12-13,16,18,33H,8-11,14-15,17H2,1-2H3. The summed E-state index contributed by atoms with van der Waals surface area (Å²) in [4.78, 5) is 29.5. The molecule has 1 saturated heterocycles. The molecule has 2 fully saturated rings. The van der Waals surface area contributed by atoms with Gasteiger partial charge in [0.25, 0.3) is 11.5 Å². The molecule has 0 radical (unpaired) electrons. The number of aromatic nitrogens is 4. The third-order valence-corrected chi connectivity index (χ3v) is 8.80. The first-order valence-corrected chi connectivity index (χ1v) is 15.2. The molecule has 4 heterocycles. The molecule has 1 N–H and O–H groups in total. The molecule has 1 saturated carbocycles. The van der Waals surface area contributed by atoms with E-state index >= 15 is 0 Å². The summed E-state index contributed by atoms with van der Waals surface area (Å²) >= 11 is 0. The van der Waals surface area contributed by atoms with E-state index in [9.17, 15) is 22.0 Å². The number of hydrogen-bond acceptors (Lipinski definition) is 8. The number of aromatic amines is 1. The van der Waals surface area contributed by atoms with Gasteiger partial charge in [-0.2, -0.15) is 0 Å². The number of H-pyrrole nitrogens is 1. The zero-order valence-electron chi connectivity index (χ0n) is 22.7. The van der Waals surface area contributed by atoms with Gasteiger partial charge in [0.15, 0.2) is 9.84 Å². The van der Waals surface area contributed by atoms with Crippen LogP contribution in [0.4, 0.5) is 14.7 Å². The first kappa shape index (κ1) is 27.3. The van der Waals surface area contributed by atoms with E-state index in [0.717, 1.165) is 38.1 Å². The average Bonchev–Trinajstić information content (AvgIpc) is 3.34. The molecule has 1 atom stereocenters. The topological polar surface area (TPSA) is 113 Å². The van der Waals surface area contributed by atoms with Gasteiger partial charge in [-0.1, -0.05) is 0 Å². The summed E-state index contributed by atoms with van der Waals surface area (Å²) in [7, 11) is -1.96. The lowest BCUT2D eigenvalue weighted by Gasteiger charge is -2.34. The van der Waals surface area contributed by atoms with Crippen molar-refractivity contribution in [2.24, 2.45) is 13.0 Å². The van der Waals surface area contributed by atoms with Gasteiger partial charge in [-0.25, -0.2) is 27.2 Å². The fraction of sp³-hybridized carbons (Fsp3) is 0.393. The summed E-state index contributed by atoms with van der Waals surface area (Å²) in [6.45, 7) is 3.46. The maximum atomic E-state index is 13.5. The Morgan fingerprint density at radius 3 is 2.46 bits per heavy atom. The molecule has 0 bridgehead atoms. The van der Waals surface area contributed by atoms with Crippen molar-refractivity contribution in [3.63, 3.8) is 0 Å². The molecule has 3 aromatic heterocycles. The lowest BCUT2D eigenvalue weighted by atomic mass is 10.0. The van der Waals surface area contributed by atoms with Crippen LogP contribution >= 0.6 is 0 Å². The fourth-order valence-electron chi connectivity index (χ4n) is 5.21. The van der Waals surface area contributed by atoms with Crippen LogP contribution in [0.5, 0.6) is 5.75 Å². The molecule has 1 aromatic carbocycles. The van der Waals surface area contributed by atoms with Crippen LogP contribution in [0.15, 0.2) is 58.6 Å². The van der Waals surface area contributed by atoms with Crippen molar-refractivity contribution in [3.8, 4) is 16.9 Å². The van der Waals surface area contributed by atoms with E-state index in [1.807, 2.05) is 6.07 Å². The fourth-order valence-corrected chi connectivity index (χ4v) is 5.85. The number of rotatable bonds is 8. The van der Waals surface area contributed by atoms with Crippen LogP contribution in [0.25, 0.3) is 22.0 Å². The van der Waals surface area contributed by atoms with Gasteiger partial charge in [-0.3, -0.25) is 9.69 Å². The maximum absolute atomic E-state index is 13.5. The highest BCUT2D eigenvalue weighted by Gasteiger charge is 2.57. The summed E-state index contributed by atoms with van der Waals surface area (Å²) in [5.41, 5.74) is 1.95. The molecule has 2 aliphatic rings. The van der Waals surface area contributed by atoms with E-state index in [4.69, 9.17) is 4.74 Å². The molecule has 216 valence electrons. The van der Waals surface area contributed by atoms with Gasteiger partial charge in [-0.15, -0.1) is 0 Å². The second kappa shape index (κ2) is 10.2. The van der Waals surface area contributed by atoms with Gasteiger partial charge >= 0.3 is 0 Å². The van der Waals surface area contributed by atoms with Gasteiger partial charge in [0.05, 0.1) is 17.4 Å². The minimum absolute atomic E-state index is 0.0645. The number of halogens is 2. The molecule has 10 nitrogen and oxygen atoms in total. The van der Waals surface area contributed by atoms with Gasteiger partial charge < -0.3 is 19.2 Å². The molecule has 1 unspecified atom stereocenters. The molecular weight excluding hydrogens is 554 g/mol. The predicted molar refractivity (Wildman–Crippen MR) is 150 cm³/mol. The lowest BCUT2D eigenvalue weighted by Crippen LogP contribution is -2.46. The largest absolute Gasteiger partial charge is 0.492 e. The average molecular weight is 585 g/mol. The first-order chi connectivity index (χ1) is 19.5. The number of piperazine rings is 1. The number of nitrogens with one attached hydrogen (secondary N) is 1. The van der Waals surface area contributed by atoms with E-state index in [1.165, 1.54) is 22.8 Å². The van der Waals surface area contributed by atoms with Crippen LogP contribution in [-0.2, 0) is 23.4 Å². The van der Waals surface area contributed by atoms with Crippen LogP contribution < -0.4 is 15.2 Å². The van der Waals surface area contributed by atoms with Crippen molar-refractivity contribution >= 4 is 26.7 Å². The Morgan fingerprint density at radius 2 is 1.80 bits per heavy atom. The van der Waals surface area contributed by atoms with Crippen molar-refractivity contribution < 1.29 is 21.9 Å². The zero-order valence-corrected chi connectivity index (χ0v) is 23.5. The summed E-state index contributed by atoms with van der Waals surface area (Å²) in [5, 5.41) is 0.603. The zero-order chi connectivity index (χ0) is 28.9. The van der Waals surface area contributed by atoms with E-state index in [1.54, 1.807) is 31.7 Å². The number of pyridine rings is 1. The SMILES string of the molecule is Cn1cc(-c2cc(S(C)(=O)=O)ccc2OCC2CC2(F)F)c2cc(CN3CCN(c4ncccn4)CC3)[nH]c2c1=O. The minimum Gasteiger partial charge on any atom is -0.492 e. The number of ether oxygens (including phenoxy) is 1. The highest BCUT2D eigenvalue weighted by atomic mass is 32.2. The molecule has 6 rings (SSSR count). The Hall–Kier alpha value is -3.84. The first-order valence-electron chi connectivity index (χ1n) is 13.3. The monoisotopic (exact) mass is 584 g/mol. The molecule has 13 heteroatoms. The quantitative estimate of drug-likeness (QED) is 0.336. The maximum Gasteiger partial charge on any atom is 0.274 e. The van der Waals surface area contributed by atoms with Crippen molar-refractivity contribution in [1.82, 2.24) is 24.4 Å². The Bertz CT molecular complexity index is 1770. The number of alkyl halides is 2. The van der Waals surface area contributed by atoms with Crippen molar-refractivity contribution in [1.29, 1.82) is 0 Å². The van der Waals surface area contributed by atoms with E-state index < -0.39 is 21.7 Å². The molecule has 0 spiro atoms. The summed E-state index contributed by atoms with van der Waals surface area (Å²) in [6.07, 6.45) is 5.94. The Labute approximate surface area is 235 Å². The molecule has 4 aromatic rings. The van der Waals surface area contributed by atoms with Gasteiger partial charge in [0, 0.05) is 93.2 Å². The van der Waals surface area contributed by atoms with Crippen LogP contribution in [0.3, 0.4) is 0 Å². The number of sulfone groups is 1. The Morgan fingerprint density at radius 1 is 1.10 bits per heavy atom. The van der Waals surface area contributed by atoms with Gasteiger partial charge in [0.2, 0.25) is 5.95 Å². The Kier molecular flexibility index (Phi) is 6.81. The van der Waals surface area contributed by atoms with Crippen LogP contribution in [0, 0.1) is 5.92 Å². The van der Waals surface area contributed by atoms with Crippen LogP contribution in [-0.4, -0.2) is 77.8 Å². The normalized spacial score (nSPS) is 19.0. The lowest BCUT2D eigenvalue weighted by molar-refractivity contribution is 0.0857. The molecule has 1 aliphatic heterocycles. The molecule has 41 heavy (non-hydrogen) atoms. The van der Waals surface area contributed by atoms with Crippen molar-refractivity contribution in [2.75, 3.05) is 43.9 Å². The highest BCUT2D eigenvalue weighted by Crippen LogP contribution is 2.49. The number of anilines is 1. The van der Waals surface area contributed by atoms with Crippen molar-refractivity contribution in [3.05, 3.63) is 65.0 Å². The molecular formula is C28H30F2N6O4S. The second-order valence-electron chi connectivity index (χ2n) is 10.8. The van der Waals surface area contributed by atoms with Gasteiger partial charge in [0.1, 0.15) is 11.3 Å². The van der Waals surface area contributed by atoms with Crippen molar-refractivity contribution in [2.45, 2.75) is 23.8 Å². The number of nitrogens with zero attached hydrogens (tertiary/aromatic N) is 5. The highest BCUT2D eigenvalue weighted by molar-refractivity contribution is 7.90. The van der Waals surface area contributed by atoms with Crippen LogP contribution in [0.2, 0.25) is 0 Å². The summed E-state index contributed by atoms with van der Waals surface area (Å²) in [6, 6.07) is 8.05. The Balaban J connectivity index is 1.32. The summed E-state index contributed by atoms with van der Waals surface area (Å²) in [5.74, 6) is -2.64. The predicted octanol–water partition coefficient (Wildman–Crippen LogP) is 3.08. The van der Waals surface area contributed by atoms with E-state index in [-0.39, 0.29) is 29.2 Å². The van der Waals surface area contributed by atoms with E-state index in [2.05, 4.69) is 24.8 Å². The minimum atomic E-state index is -3.57. The number of aryl methyl sites for hydroxylation is 1. The van der Waals surface area contributed by atoms with Crippen LogP contribution in [0.1, 0.15) is 12.1 Å². The number of benzene rings is 1. The smallest absolute Gasteiger partial charge is 0.274 e. The second-order valence-corrected chi connectivity index (χ2v) is 12.8. The third kappa shape index (κ3) is 5.55. The van der Waals surface area contributed by atoms with E-state index in [0.29, 0.717) is 34.5 Å². The summed E-state index contributed by atoms with van der Waals surface area (Å²) < 4.78 is 59.1. The number of fused-ring (bicyclic) bond motifs is 1. The molecule has 0 amide bonds. The number of hydrogen-bond donors (Lipinski definition) is 1. The third-order valence-electron chi connectivity index (χ3n) is 7.69.